The third-order valence-corrected chi connectivity index (χ3v) is 7.94. The van der Waals surface area contributed by atoms with Crippen LogP contribution in [0.1, 0.15) is 16.5 Å². The Balaban J connectivity index is 1.52. The van der Waals surface area contributed by atoms with Crippen molar-refractivity contribution in [3.05, 3.63) is 88.6 Å². The lowest BCUT2D eigenvalue weighted by Crippen LogP contribution is -2.40. The Morgan fingerprint density at radius 1 is 1.03 bits per heavy atom. The molecular weight excluding hydrogens is 488 g/mol. The van der Waals surface area contributed by atoms with E-state index in [4.69, 9.17) is 9.47 Å². The third-order valence-electron chi connectivity index (χ3n) is 5.21. The number of ether oxygens (including phenoxy) is 2. The lowest BCUT2D eigenvalue weighted by atomic mass is 10.1. The van der Waals surface area contributed by atoms with E-state index in [9.17, 15) is 18.0 Å². The summed E-state index contributed by atoms with van der Waals surface area (Å²) in [4.78, 5) is 26.6. The van der Waals surface area contributed by atoms with Crippen LogP contribution in [0.25, 0.3) is 6.08 Å². The van der Waals surface area contributed by atoms with Gasteiger partial charge < -0.3 is 14.8 Å². The average Bonchev–Trinajstić information content (AvgIpc) is 3.41. The molecule has 0 saturated carbocycles. The summed E-state index contributed by atoms with van der Waals surface area (Å²) < 4.78 is 38.0. The number of rotatable bonds is 8. The highest BCUT2D eigenvalue weighted by atomic mass is 32.2. The number of amides is 1. The van der Waals surface area contributed by atoms with Crippen LogP contribution in [0.2, 0.25) is 0 Å². The van der Waals surface area contributed by atoms with Crippen molar-refractivity contribution in [3.8, 4) is 0 Å². The molecule has 1 aliphatic heterocycles. The molecule has 1 atom stereocenters. The van der Waals surface area contributed by atoms with Gasteiger partial charge in [0.15, 0.2) is 0 Å². The molecule has 4 rings (SSSR count). The molecule has 1 fully saturated rings. The highest BCUT2D eigenvalue weighted by molar-refractivity contribution is 7.89. The lowest BCUT2D eigenvalue weighted by Gasteiger charge is -2.26. The number of sulfonamides is 1. The van der Waals surface area contributed by atoms with Crippen LogP contribution in [0.3, 0.4) is 0 Å². The summed E-state index contributed by atoms with van der Waals surface area (Å²) in [7, 11) is -3.73. The fourth-order valence-electron chi connectivity index (χ4n) is 3.47. The van der Waals surface area contributed by atoms with Crippen LogP contribution >= 0.6 is 11.3 Å². The zero-order chi connectivity index (χ0) is 24.7. The Kier molecular flexibility index (Phi) is 8.09. The second-order valence-corrected chi connectivity index (χ2v) is 10.5. The highest BCUT2D eigenvalue weighted by Crippen LogP contribution is 2.24. The van der Waals surface area contributed by atoms with Crippen molar-refractivity contribution >= 4 is 45.0 Å². The molecule has 1 amide bonds. The van der Waals surface area contributed by atoms with Gasteiger partial charge in [0.2, 0.25) is 16.1 Å². The number of hydrogen-bond acceptors (Lipinski definition) is 7. The van der Waals surface area contributed by atoms with E-state index in [1.54, 1.807) is 48.5 Å². The fourth-order valence-corrected chi connectivity index (χ4v) is 5.54. The first kappa shape index (κ1) is 24.8. The van der Waals surface area contributed by atoms with Gasteiger partial charge in [0.05, 0.1) is 18.1 Å². The summed E-state index contributed by atoms with van der Waals surface area (Å²) in [6.45, 7) is 1.20. The van der Waals surface area contributed by atoms with E-state index in [1.165, 1.54) is 33.9 Å². The van der Waals surface area contributed by atoms with E-state index in [0.717, 1.165) is 4.88 Å². The Hall–Kier alpha value is -3.31. The standard InChI is InChI=1S/C25H24N2O6S2/c28-23(12-11-21-9-5-17-34-21)33-24(19-6-2-1-3-7-19)25(29)26-20-8-4-10-22(18-20)35(30,31)27-13-15-32-16-14-27/h1-12,17-18,24H,13-16H2,(H,26,29)/b12-11+/t24-/m0/s1. The number of nitrogens with zero attached hydrogens (tertiary/aromatic N) is 1. The topological polar surface area (TPSA) is 102 Å². The van der Waals surface area contributed by atoms with E-state index in [2.05, 4.69) is 5.32 Å². The predicted octanol–water partition coefficient (Wildman–Crippen LogP) is 3.71. The van der Waals surface area contributed by atoms with Crippen LogP contribution in [-0.4, -0.2) is 50.9 Å². The van der Waals surface area contributed by atoms with Gasteiger partial charge in [-0.15, -0.1) is 11.3 Å². The van der Waals surface area contributed by atoms with Crippen molar-refractivity contribution in [2.75, 3.05) is 31.6 Å². The fraction of sp³-hybridized carbons (Fsp3) is 0.200. The van der Waals surface area contributed by atoms with Crippen LogP contribution < -0.4 is 5.32 Å². The molecule has 8 nitrogen and oxygen atoms in total. The van der Waals surface area contributed by atoms with E-state index >= 15 is 0 Å². The Morgan fingerprint density at radius 2 is 1.80 bits per heavy atom. The van der Waals surface area contributed by atoms with Gasteiger partial charge in [-0.25, -0.2) is 13.2 Å². The quantitative estimate of drug-likeness (QED) is 0.365. The van der Waals surface area contributed by atoms with Crippen molar-refractivity contribution < 1.29 is 27.5 Å². The molecule has 0 radical (unpaired) electrons. The molecule has 1 aliphatic rings. The second-order valence-electron chi connectivity index (χ2n) is 7.61. The number of anilines is 1. The molecule has 10 heteroatoms. The largest absolute Gasteiger partial charge is 0.444 e. The minimum atomic E-state index is -3.73. The van der Waals surface area contributed by atoms with E-state index in [1.807, 2.05) is 17.5 Å². The first-order chi connectivity index (χ1) is 16.9. The van der Waals surface area contributed by atoms with Gasteiger partial charge >= 0.3 is 5.97 Å². The highest BCUT2D eigenvalue weighted by Gasteiger charge is 2.28. The maximum absolute atomic E-state index is 13.2. The Bertz CT molecular complexity index is 1280. The summed E-state index contributed by atoms with van der Waals surface area (Å²) in [6, 6.07) is 18.3. The number of thiophene rings is 1. The van der Waals surface area contributed by atoms with Gasteiger partial charge in [-0.05, 0) is 35.7 Å². The summed E-state index contributed by atoms with van der Waals surface area (Å²) in [5, 5.41) is 4.57. The average molecular weight is 513 g/mol. The van der Waals surface area contributed by atoms with Gasteiger partial charge in [0, 0.05) is 35.3 Å². The molecule has 0 bridgehead atoms. The third kappa shape index (κ3) is 6.43. The zero-order valence-corrected chi connectivity index (χ0v) is 20.3. The van der Waals surface area contributed by atoms with Crippen LogP contribution in [0.5, 0.6) is 0 Å². The van der Waals surface area contributed by atoms with Gasteiger partial charge in [-0.1, -0.05) is 42.5 Å². The summed E-state index contributed by atoms with van der Waals surface area (Å²) in [5.41, 5.74) is 0.760. The Labute approximate surface area is 207 Å². The van der Waals surface area contributed by atoms with Gasteiger partial charge in [-0.3, -0.25) is 4.79 Å². The molecule has 182 valence electrons. The Morgan fingerprint density at radius 3 is 2.51 bits per heavy atom. The van der Waals surface area contributed by atoms with Crippen molar-refractivity contribution in [3.63, 3.8) is 0 Å². The first-order valence-corrected chi connectivity index (χ1v) is 13.2. The lowest BCUT2D eigenvalue weighted by molar-refractivity contribution is -0.149. The van der Waals surface area contributed by atoms with Gasteiger partial charge in [-0.2, -0.15) is 4.31 Å². The van der Waals surface area contributed by atoms with Crippen molar-refractivity contribution in [2.24, 2.45) is 0 Å². The number of morpholine rings is 1. The number of hydrogen-bond donors (Lipinski definition) is 1. The smallest absolute Gasteiger partial charge is 0.331 e. The number of benzene rings is 2. The maximum atomic E-state index is 13.2. The molecule has 0 unspecified atom stereocenters. The molecule has 2 heterocycles. The summed E-state index contributed by atoms with van der Waals surface area (Å²) >= 11 is 1.47. The minimum Gasteiger partial charge on any atom is -0.444 e. The molecule has 1 N–H and O–H groups in total. The number of carbonyl (C=O) groups excluding carboxylic acids is 2. The van der Waals surface area contributed by atoms with Crippen LogP contribution in [0.4, 0.5) is 5.69 Å². The maximum Gasteiger partial charge on any atom is 0.331 e. The molecule has 1 saturated heterocycles. The normalized spacial score (nSPS) is 15.5. The molecule has 35 heavy (non-hydrogen) atoms. The minimum absolute atomic E-state index is 0.0596. The number of nitrogens with one attached hydrogen (secondary N) is 1. The van der Waals surface area contributed by atoms with E-state index in [-0.39, 0.29) is 23.7 Å². The van der Waals surface area contributed by atoms with Crippen molar-refractivity contribution in [1.29, 1.82) is 0 Å². The molecule has 1 aromatic heterocycles. The molecule has 0 aliphatic carbocycles. The van der Waals surface area contributed by atoms with Gasteiger partial charge in [0.1, 0.15) is 0 Å². The zero-order valence-electron chi connectivity index (χ0n) is 18.7. The van der Waals surface area contributed by atoms with Crippen LogP contribution in [-0.2, 0) is 29.1 Å². The van der Waals surface area contributed by atoms with Crippen LogP contribution in [0, 0.1) is 0 Å². The molecule has 0 spiro atoms. The monoisotopic (exact) mass is 512 g/mol. The summed E-state index contributed by atoms with van der Waals surface area (Å²) in [6.07, 6.45) is 1.66. The van der Waals surface area contributed by atoms with Crippen LogP contribution in [0.15, 0.2) is 83.1 Å². The van der Waals surface area contributed by atoms with Crippen molar-refractivity contribution in [2.45, 2.75) is 11.0 Å². The van der Waals surface area contributed by atoms with Crippen molar-refractivity contribution in [1.82, 2.24) is 4.31 Å². The number of esters is 1. The summed E-state index contributed by atoms with van der Waals surface area (Å²) in [5.74, 6) is -1.28. The molecular formula is C25H24N2O6S2. The second kappa shape index (κ2) is 11.4. The van der Waals surface area contributed by atoms with Gasteiger partial charge in [0.25, 0.3) is 5.91 Å². The predicted molar refractivity (Wildman–Crippen MR) is 133 cm³/mol. The molecule has 3 aromatic rings. The first-order valence-electron chi connectivity index (χ1n) is 10.9. The van der Waals surface area contributed by atoms with E-state index < -0.39 is 28.0 Å². The SMILES string of the molecule is O=C(/C=C/c1cccs1)O[C@H](C(=O)Nc1cccc(S(=O)(=O)N2CCOCC2)c1)c1ccccc1. The van der Waals surface area contributed by atoms with E-state index in [0.29, 0.717) is 18.8 Å². The number of carbonyl (C=O) groups is 2. The molecule has 2 aromatic carbocycles.